The van der Waals surface area contributed by atoms with Gasteiger partial charge in [-0.3, -0.25) is 5.10 Å². The van der Waals surface area contributed by atoms with E-state index in [0.29, 0.717) is 18.1 Å². The molecule has 4 heterocycles. The monoisotopic (exact) mass is 425 g/mol. The van der Waals surface area contributed by atoms with Crippen molar-refractivity contribution in [1.29, 1.82) is 0 Å². The molecule has 5 aromatic rings. The molecule has 1 N–H and O–H groups in total. The van der Waals surface area contributed by atoms with E-state index in [2.05, 4.69) is 41.2 Å². The largest absolute Gasteiger partial charge is 0.483 e. The molecule has 0 bridgehead atoms. The first-order chi connectivity index (χ1) is 15.7. The van der Waals surface area contributed by atoms with Gasteiger partial charge in [0.05, 0.1) is 12.1 Å². The molecule has 6 rings (SSSR count). The van der Waals surface area contributed by atoms with E-state index in [0.717, 1.165) is 45.3 Å². The Morgan fingerprint density at radius 3 is 2.75 bits per heavy atom. The summed E-state index contributed by atoms with van der Waals surface area (Å²) in [7, 11) is 0. The van der Waals surface area contributed by atoms with Gasteiger partial charge in [-0.15, -0.1) is 10.2 Å². The summed E-state index contributed by atoms with van der Waals surface area (Å²) in [6.45, 7) is 4.49. The number of nitrogens with zero attached hydrogens (tertiary/aromatic N) is 6. The number of ether oxygens (including phenoxy) is 1. The minimum Gasteiger partial charge on any atom is -0.483 e. The topological polar surface area (TPSA) is 108 Å². The number of hydrogen-bond acceptors (Lipinski definition) is 7. The van der Waals surface area contributed by atoms with E-state index in [1.54, 1.807) is 0 Å². The van der Waals surface area contributed by atoms with Crippen LogP contribution in [-0.2, 0) is 6.54 Å². The zero-order chi connectivity index (χ0) is 21.7. The number of rotatable bonds is 5. The van der Waals surface area contributed by atoms with Crippen LogP contribution in [0.15, 0.2) is 59.4 Å². The van der Waals surface area contributed by atoms with Crippen LogP contribution in [0.1, 0.15) is 30.2 Å². The second-order valence-corrected chi connectivity index (χ2v) is 7.71. The van der Waals surface area contributed by atoms with Gasteiger partial charge in [-0.1, -0.05) is 41.6 Å². The Kier molecular flexibility index (Phi) is 4.14. The third-order valence-electron chi connectivity index (χ3n) is 5.67. The first-order valence-corrected chi connectivity index (χ1v) is 10.3. The Morgan fingerprint density at radius 1 is 1.09 bits per heavy atom. The molecular weight excluding hydrogens is 406 g/mol. The molecule has 0 fully saturated rings. The highest BCUT2D eigenvalue weighted by Crippen LogP contribution is 2.40. The molecule has 3 aromatic heterocycles. The van der Waals surface area contributed by atoms with Gasteiger partial charge in [0.15, 0.2) is 23.6 Å². The zero-order valence-electron chi connectivity index (χ0n) is 17.5. The lowest BCUT2D eigenvalue weighted by Gasteiger charge is -2.12. The Bertz CT molecular complexity index is 1400. The van der Waals surface area contributed by atoms with Crippen LogP contribution in [-0.4, -0.2) is 35.1 Å². The SMILES string of the molecule is Cc1onc(-c2ccccc2)c1-c1nnc2n1Cc1ccc(OC(C)c3ncn[nH]3)cc1-2. The molecule has 32 heavy (non-hydrogen) atoms. The number of nitrogens with one attached hydrogen (secondary N) is 1. The normalized spacial score (nSPS) is 13.1. The van der Waals surface area contributed by atoms with Gasteiger partial charge in [0.1, 0.15) is 23.5 Å². The molecule has 1 aliphatic heterocycles. The molecule has 1 atom stereocenters. The Balaban J connectivity index is 1.37. The fourth-order valence-electron chi connectivity index (χ4n) is 4.08. The summed E-state index contributed by atoms with van der Waals surface area (Å²) < 4.78 is 13.7. The van der Waals surface area contributed by atoms with Gasteiger partial charge in [-0.2, -0.15) is 5.10 Å². The molecule has 0 aliphatic carbocycles. The third-order valence-corrected chi connectivity index (χ3v) is 5.67. The van der Waals surface area contributed by atoms with E-state index in [4.69, 9.17) is 9.26 Å². The van der Waals surface area contributed by atoms with Crippen LogP contribution in [0.5, 0.6) is 5.75 Å². The Hall–Kier alpha value is -4.27. The maximum atomic E-state index is 6.06. The van der Waals surface area contributed by atoms with E-state index in [-0.39, 0.29) is 6.10 Å². The van der Waals surface area contributed by atoms with Crippen molar-refractivity contribution in [2.75, 3.05) is 0 Å². The highest BCUT2D eigenvalue weighted by Gasteiger charge is 2.29. The number of hydrogen-bond donors (Lipinski definition) is 1. The molecule has 1 unspecified atom stereocenters. The Labute approximate surface area is 183 Å². The van der Waals surface area contributed by atoms with Crippen LogP contribution in [0.4, 0.5) is 0 Å². The van der Waals surface area contributed by atoms with Crippen molar-refractivity contribution in [3.8, 4) is 39.8 Å². The molecular formula is C23H19N7O2. The summed E-state index contributed by atoms with van der Waals surface area (Å²) in [5.41, 5.74) is 4.76. The molecule has 9 heteroatoms. The van der Waals surface area contributed by atoms with E-state index < -0.39 is 0 Å². The number of aromatic amines is 1. The van der Waals surface area contributed by atoms with Crippen LogP contribution in [0, 0.1) is 6.92 Å². The number of fused-ring (bicyclic) bond motifs is 3. The van der Waals surface area contributed by atoms with Gasteiger partial charge in [0, 0.05) is 11.1 Å². The van der Waals surface area contributed by atoms with Crippen molar-refractivity contribution >= 4 is 0 Å². The smallest absolute Gasteiger partial charge is 0.170 e. The lowest BCUT2D eigenvalue weighted by atomic mass is 10.1. The molecule has 0 radical (unpaired) electrons. The second-order valence-electron chi connectivity index (χ2n) is 7.71. The van der Waals surface area contributed by atoms with Gasteiger partial charge in [0.25, 0.3) is 0 Å². The van der Waals surface area contributed by atoms with Crippen molar-refractivity contribution in [3.05, 3.63) is 72.0 Å². The van der Waals surface area contributed by atoms with Crippen molar-refractivity contribution in [1.82, 2.24) is 35.1 Å². The molecule has 0 saturated heterocycles. The second kappa shape index (κ2) is 7.16. The van der Waals surface area contributed by atoms with Crippen molar-refractivity contribution in [2.45, 2.75) is 26.5 Å². The first-order valence-electron chi connectivity index (χ1n) is 10.3. The average molecular weight is 425 g/mol. The summed E-state index contributed by atoms with van der Waals surface area (Å²) >= 11 is 0. The molecule has 158 valence electrons. The first kappa shape index (κ1) is 18.5. The third kappa shape index (κ3) is 2.89. The van der Waals surface area contributed by atoms with E-state index in [1.807, 2.05) is 56.3 Å². The van der Waals surface area contributed by atoms with E-state index >= 15 is 0 Å². The molecule has 0 saturated carbocycles. The van der Waals surface area contributed by atoms with Crippen molar-refractivity contribution in [2.24, 2.45) is 0 Å². The minimum atomic E-state index is -0.251. The van der Waals surface area contributed by atoms with Crippen LogP contribution in [0.3, 0.4) is 0 Å². The number of benzene rings is 2. The van der Waals surface area contributed by atoms with Crippen LogP contribution >= 0.6 is 0 Å². The molecule has 2 aromatic carbocycles. The molecule has 9 nitrogen and oxygen atoms in total. The number of H-pyrrole nitrogens is 1. The highest BCUT2D eigenvalue weighted by molar-refractivity contribution is 5.80. The van der Waals surface area contributed by atoms with Gasteiger partial charge in [-0.25, -0.2) is 4.98 Å². The minimum absolute atomic E-state index is 0.251. The van der Waals surface area contributed by atoms with Gasteiger partial charge in [0.2, 0.25) is 0 Å². The summed E-state index contributed by atoms with van der Waals surface area (Å²) in [5.74, 6) is 3.66. The lowest BCUT2D eigenvalue weighted by Crippen LogP contribution is -2.05. The van der Waals surface area contributed by atoms with Gasteiger partial charge < -0.3 is 13.8 Å². The van der Waals surface area contributed by atoms with Crippen LogP contribution in [0.25, 0.3) is 34.0 Å². The predicted molar refractivity (Wildman–Crippen MR) is 116 cm³/mol. The average Bonchev–Trinajstić information content (AvgIpc) is 3.59. The van der Waals surface area contributed by atoms with E-state index in [9.17, 15) is 0 Å². The van der Waals surface area contributed by atoms with Crippen molar-refractivity contribution < 1.29 is 9.26 Å². The summed E-state index contributed by atoms with van der Waals surface area (Å²) in [6.07, 6.45) is 1.22. The number of aryl methyl sites for hydroxylation is 1. The lowest BCUT2D eigenvalue weighted by molar-refractivity contribution is 0.217. The maximum Gasteiger partial charge on any atom is 0.170 e. The van der Waals surface area contributed by atoms with Crippen LogP contribution < -0.4 is 4.74 Å². The fraction of sp³-hybridized carbons (Fsp3) is 0.174. The number of aromatic nitrogens is 7. The summed E-state index contributed by atoms with van der Waals surface area (Å²) in [6, 6.07) is 16.0. The fourth-order valence-corrected chi connectivity index (χ4v) is 4.08. The van der Waals surface area contributed by atoms with Crippen molar-refractivity contribution in [3.63, 3.8) is 0 Å². The standard InChI is InChI=1S/C23H19N7O2/c1-13-19(20(29-32-13)15-6-4-3-5-7-15)23-28-27-22-18-10-17(9-8-16(18)11-30(22)23)31-14(2)21-24-12-25-26-21/h3-10,12,14H,11H2,1-2H3,(H,24,25,26). The van der Waals surface area contributed by atoms with Gasteiger partial charge in [-0.05, 0) is 31.5 Å². The molecule has 0 spiro atoms. The molecule has 0 amide bonds. The summed E-state index contributed by atoms with van der Waals surface area (Å²) in [5, 5.41) is 20.0. The van der Waals surface area contributed by atoms with E-state index in [1.165, 1.54) is 6.33 Å². The molecule has 1 aliphatic rings. The highest BCUT2D eigenvalue weighted by atomic mass is 16.5. The van der Waals surface area contributed by atoms with Gasteiger partial charge >= 0.3 is 0 Å². The Morgan fingerprint density at radius 2 is 1.94 bits per heavy atom. The quantitative estimate of drug-likeness (QED) is 0.441. The summed E-state index contributed by atoms with van der Waals surface area (Å²) in [4.78, 5) is 4.16. The van der Waals surface area contributed by atoms with Crippen LogP contribution in [0.2, 0.25) is 0 Å². The zero-order valence-corrected chi connectivity index (χ0v) is 17.5. The maximum absolute atomic E-state index is 6.06. The predicted octanol–water partition coefficient (Wildman–Crippen LogP) is 4.20.